The number of amides is 3. The van der Waals surface area contributed by atoms with Gasteiger partial charge in [0.05, 0.1) is 6.04 Å². The third-order valence-electron chi connectivity index (χ3n) is 2.51. The van der Waals surface area contributed by atoms with Crippen LogP contribution in [0.25, 0.3) is 0 Å². The average Bonchev–Trinajstić information content (AvgIpc) is 2.21. The topological polar surface area (TPSA) is 78.5 Å². The minimum absolute atomic E-state index is 0.0578. The Morgan fingerprint density at radius 3 is 2.73 bits per heavy atom. The minimum atomic E-state index is -0.592. The fourth-order valence-electron chi connectivity index (χ4n) is 1.36. The fourth-order valence-corrected chi connectivity index (χ4v) is 1.36. The number of hydrogen-bond acceptors (Lipinski definition) is 4. The summed E-state index contributed by atoms with van der Waals surface area (Å²) in [6.45, 7) is 3.23. The molecule has 3 amide bonds. The molecule has 0 aliphatic carbocycles. The van der Waals surface area contributed by atoms with E-state index in [1.54, 1.807) is 20.9 Å². The van der Waals surface area contributed by atoms with Gasteiger partial charge in [-0.3, -0.25) is 19.7 Å². The molecule has 1 fully saturated rings. The molecule has 0 aromatic rings. The second-order valence-corrected chi connectivity index (χ2v) is 3.56. The monoisotopic (exact) mass is 213 g/mol. The Balaban J connectivity index is 2.79. The Kier molecular flexibility index (Phi) is 3.41. The van der Waals surface area contributed by atoms with Crippen LogP contribution < -0.4 is 10.6 Å². The molecule has 2 N–H and O–H groups in total. The Labute approximate surface area is 88.0 Å². The van der Waals surface area contributed by atoms with E-state index in [4.69, 9.17) is 0 Å². The van der Waals surface area contributed by atoms with Crippen molar-refractivity contribution in [3.63, 3.8) is 0 Å². The molecular formula is C9H15N3O3. The third kappa shape index (κ3) is 2.33. The standard InChI is InChI=1S/C9H15N3O3/c1-5(10-3)9(15)12-4-7(13)11-8(14)6(12)2/h5-6,10H,4H2,1-3H3,(H,11,13,14). The first-order chi connectivity index (χ1) is 6.97. The number of likely N-dealkylation sites (N-methyl/N-ethyl adjacent to an activating group) is 1. The van der Waals surface area contributed by atoms with Gasteiger partial charge in [0.2, 0.25) is 17.7 Å². The molecule has 1 saturated heterocycles. The lowest BCUT2D eigenvalue weighted by Crippen LogP contribution is -2.61. The molecule has 2 unspecified atom stereocenters. The number of imide groups is 1. The zero-order chi connectivity index (χ0) is 11.6. The summed E-state index contributed by atoms with van der Waals surface area (Å²) in [4.78, 5) is 35.4. The second kappa shape index (κ2) is 4.39. The summed E-state index contributed by atoms with van der Waals surface area (Å²) in [7, 11) is 1.65. The molecule has 2 atom stereocenters. The predicted molar refractivity (Wildman–Crippen MR) is 52.8 cm³/mol. The maximum Gasteiger partial charge on any atom is 0.249 e. The lowest BCUT2D eigenvalue weighted by molar-refractivity contribution is -0.150. The summed E-state index contributed by atoms with van der Waals surface area (Å²) in [5, 5.41) is 4.96. The fraction of sp³-hybridized carbons (Fsp3) is 0.667. The molecule has 0 spiro atoms. The molecule has 1 aliphatic rings. The van der Waals surface area contributed by atoms with Gasteiger partial charge in [-0.15, -0.1) is 0 Å². The van der Waals surface area contributed by atoms with Gasteiger partial charge in [-0.1, -0.05) is 0 Å². The summed E-state index contributed by atoms with van der Waals surface area (Å²) in [5.41, 5.74) is 0. The van der Waals surface area contributed by atoms with Crippen molar-refractivity contribution in [1.29, 1.82) is 0 Å². The molecule has 0 saturated carbocycles. The first-order valence-electron chi connectivity index (χ1n) is 4.78. The highest BCUT2D eigenvalue weighted by Crippen LogP contribution is 2.06. The van der Waals surface area contributed by atoms with E-state index in [1.165, 1.54) is 4.90 Å². The summed E-state index contributed by atoms with van der Waals surface area (Å²) >= 11 is 0. The van der Waals surface area contributed by atoms with Crippen molar-refractivity contribution in [2.75, 3.05) is 13.6 Å². The largest absolute Gasteiger partial charge is 0.320 e. The highest BCUT2D eigenvalue weighted by Gasteiger charge is 2.34. The van der Waals surface area contributed by atoms with Gasteiger partial charge >= 0.3 is 0 Å². The van der Waals surface area contributed by atoms with Crippen LogP contribution in [-0.2, 0) is 14.4 Å². The molecule has 0 aromatic heterocycles. The summed E-state index contributed by atoms with van der Waals surface area (Å²) < 4.78 is 0. The number of piperazine rings is 1. The molecule has 84 valence electrons. The predicted octanol–water partition coefficient (Wildman–Crippen LogP) is -1.53. The Hall–Kier alpha value is -1.43. The molecular weight excluding hydrogens is 198 g/mol. The van der Waals surface area contributed by atoms with E-state index in [9.17, 15) is 14.4 Å². The van der Waals surface area contributed by atoms with Gasteiger partial charge in [0.1, 0.15) is 12.6 Å². The van der Waals surface area contributed by atoms with Crippen LogP contribution in [0.2, 0.25) is 0 Å². The zero-order valence-electron chi connectivity index (χ0n) is 9.03. The Bertz CT molecular complexity index is 303. The third-order valence-corrected chi connectivity index (χ3v) is 2.51. The van der Waals surface area contributed by atoms with Gasteiger partial charge in [0, 0.05) is 0 Å². The number of carbonyl (C=O) groups is 3. The first kappa shape index (κ1) is 11.6. The molecule has 0 bridgehead atoms. The zero-order valence-corrected chi connectivity index (χ0v) is 9.03. The van der Waals surface area contributed by atoms with Gasteiger partial charge in [0.25, 0.3) is 0 Å². The average molecular weight is 213 g/mol. The van der Waals surface area contributed by atoms with Crippen LogP contribution in [0, 0.1) is 0 Å². The van der Waals surface area contributed by atoms with Gasteiger partial charge < -0.3 is 10.2 Å². The lowest BCUT2D eigenvalue weighted by Gasteiger charge is -2.33. The van der Waals surface area contributed by atoms with Crippen LogP contribution >= 0.6 is 0 Å². The van der Waals surface area contributed by atoms with E-state index in [2.05, 4.69) is 10.6 Å². The smallest absolute Gasteiger partial charge is 0.249 e. The summed E-state index contributed by atoms with van der Waals surface area (Å²) in [5.74, 6) is -1.11. The van der Waals surface area contributed by atoms with E-state index in [-0.39, 0.29) is 12.5 Å². The van der Waals surface area contributed by atoms with Crippen LogP contribution in [0.3, 0.4) is 0 Å². The van der Waals surface area contributed by atoms with Crippen molar-refractivity contribution >= 4 is 17.7 Å². The second-order valence-electron chi connectivity index (χ2n) is 3.56. The highest BCUT2D eigenvalue weighted by molar-refractivity contribution is 6.04. The van der Waals surface area contributed by atoms with Gasteiger partial charge in [-0.2, -0.15) is 0 Å². The first-order valence-corrected chi connectivity index (χ1v) is 4.78. The van der Waals surface area contributed by atoms with Crippen molar-refractivity contribution in [2.45, 2.75) is 25.9 Å². The number of nitrogens with zero attached hydrogens (tertiary/aromatic N) is 1. The quantitative estimate of drug-likeness (QED) is 0.545. The molecule has 6 heteroatoms. The SMILES string of the molecule is CNC(C)C(=O)N1CC(=O)NC(=O)C1C. The molecule has 6 nitrogen and oxygen atoms in total. The molecule has 1 heterocycles. The van der Waals surface area contributed by atoms with Crippen LogP contribution in [0.4, 0.5) is 0 Å². The van der Waals surface area contributed by atoms with Crippen LogP contribution in [0.15, 0.2) is 0 Å². The van der Waals surface area contributed by atoms with Crippen LogP contribution in [0.1, 0.15) is 13.8 Å². The van der Waals surface area contributed by atoms with E-state index < -0.39 is 23.9 Å². The van der Waals surface area contributed by atoms with E-state index in [0.29, 0.717) is 0 Å². The normalized spacial score (nSPS) is 23.7. The van der Waals surface area contributed by atoms with E-state index in [1.807, 2.05) is 0 Å². The molecule has 15 heavy (non-hydrogen) atoms. The molecule has 1 aliphatic heterocycles. The lowest BCUT2D eigenvalue weighted by atomic mass is 10.1. The maximum atomic E-state index is 11.8. The summed E-state index contributed by atoms with van der Waals surface area (Å²) in [6, 6.07) is -0.989. The van der Waals surface area contributed by atoms with Gasteiger partial charge in [-0.25, -0.2) is 0 Å². The van der Waals surface area contributed by atoms with Crippen molar-refractivity contribution in [3.8, 4) is 0 Å². The van der Waals surface area contributed by atoms with Crippen molar-refractivity contribution in [2.24, 2.45) is 0 Å². The summed E-state index contributed by atoms with van der Waals surface area (Å²) in [6.07, 6.45) is 0. The molecule has 1 rings (SSSR count). The van der Waals surface area contributed by atoms with E-state index >= 15 is 0 Å². The maximum absolute atomic E-state index is 11.8. The minimum Gasteiger partial charge on any atom is -0.320 e. The van der Waals surface area contributed by atoms with Gasteiger partial charge in [-0.05, 0) is 20.9 Å². The number of carbonyl (C=O) groups excluding carboxylic acids is 3. The highest BCUT2D eigenvalue weighted by atomic mass is 16.2. The van der Waals surface area contributed by atoms with Crippen molar-refractivity contribution in [1.82, 2.24) is 15.5 Å². The number of hydrogen-bond donors (Lipinski definition) is 2. The van der Waals surface area contributed by atoms with Crippen molar-refractivity contribution in [3.05, 3.63) is 0 Å². The van der Waals surface area contributed by atoms with Crippen LogP contribution in [-0.4, -0.2) is 48.3 Å². The molecule has 0 aromatic carbocycles. The van der Waals surface area contributed by atoms with E-state index in [0.717, 1.165) is 0 Å². The Morgan fingerprint density at radius 2 is 2.20 bits per heavy atom. The van der Waals surface area contributed by atoms with Crippen LogP contribution in [0.5, 0.6) is 0 Å². The van der Waals surface area contributed by atoms with Crippen molar-refractivity contribution < 1.29 is 14.4 Å². The number of nitrogens with one attached hydrogen (secondary N) is 2. The Morgan fingerprint density at radius 1 is 1.60 bits per heavy atom. The molecule has 0 radical (unpaired) electrons. The number of rotatable bonds is 2. The van der Waals surface area contributed by atoms with Gasteiger partial charge in [0.15, 0.2) is 0 Å².